The van der Waals surface area contributed by atoms with Crippen molar-refractivity contribution in [2.24, 2.45) is 0 Å². The molecule has 0 aromatic carbocycles. The third-order valence-electron chi connectivity index (χ3n) is 3.94. The molecule has 1 atom stereocenters. The van der Waals surface area contributed by atoms with Gasteiger partial charge in [-0.2, -0.15) is 0 Å². The van der Waals surface area contributed by atoms with Crippen molar-refractivity contribution in [3.05, 3.63) is 26.6 Å². The monoisotopic (exact) mass is 292 g/mol. The van der Waals surface area contributed by atoms with Crippen molar-refractivity contribution >= 4 is 27.5 Å². The SMILES string of the molecule is CCc1nc2sc3c(c2c(=O)n1CC)C(C(=O)O)CC3. The molecular formula is C14H16N2O3S. The van der Waals surface area contributed by atoms with Crippen LogP contribution in [0.1, 0.15) is 42.5 Å². The standard InChI is InChI=1S/C14H16N2O3S/c1-3-9-15-12-11(13(17)16(9)4-2)10-7(14(18)19)5-6-8(10)20-12/h7H,3-6H2,1-2H3,(H,18,19). The number of fused-ring (bicyclic) bond motifs is 3. The lowest BCUT2D eigenvalue weighted by molar-refractivity contribution is -0.138. The second-order valence-electron chi connectivity index (χ2n) is 4.98. The fraction of sp³-hybridized carbons (Fsp3) is 0.500. The van der Waals surface area contributed by atoms with Gasteiger partial charge in [0.05, 0.1) is 11.3 Å². The minimum Gasteiger partial charge on any atom is -0.481 e. The van der Waals surface area contributed by atoms with Crippen LogP contribution in [0.3, 0.4) is 0 Å². The van der Waals surface area contributed by atoms with E-state index in [2.05, 4.69) is 4.98 Å². The molecule has 1 unspecified atom stereocenters. The van der Waals surface area contributed by atoms with E-state index < -0.39 is 11.9 Å². The van der Waals surface area contributed by atoms with E-state index in [4.69, 9.17) is 0 Å². The number of hydrogen-bond acceptors (Lipinski definition) is 4. The lowest BCUT2D eigenvalue weighted by Gasteiger charge is -2.10. The fourth-order valence-corrected chi connectivity index (χ4v) is 4.27. The summed E-state index contributed by atoms with van der Waals surface area (Å²) in [7, 11) is 0. The molecule has 0 radical (unpaired) electrons. The highest BCUT2D eigenvalue weighted by Gasteiger charge is 2.34. The summed E-state index contributed by atoms with van der Waals surface area (Å²) in [5.74, 6) is -0.617. The Bertz CT molecular complexity index is 760. The van der Waals surface area contributed by atoms with Gasteiger partial charge >= 0.3 is 5.97 Å². The van der Waals surface area contributed by atoms with Gasteiger partial charge in [-0.3, -0.25) is 14.2 Å². The predicted octanol–water partition coefficient (Wildman–Crippen LogP) is 2.15. The average molecular weight is 292 g/mol. The largest absolute Gasteiger partial charge is 0.481 e. The Labute approximate surface area is 119 Å². The van der Waals surface area contributed by atoms with E-state index >= 15 is 0 Å². The van der Waals surface area contributed by atoms with Crippen molar-refractivity contribution in [1.29, 1.82) is 0 Å². The number of aromatic nitrogens is 2. The molecule has 6 heteroatoms. The Kier molecular flexibility index (Phi) is 3.12. The fourth-order valence-electron chi connectivity index (χ4n) is 3.01. The van der Waals surface area contributed by atoms with Gasteiger partial charge in [0.15, 0.2) is 0 Å². The van der Waals surface area contributed by atoms with Crippen LogP contribution in [-0.2, 0) is 24.2 Å². The molecule has 0 spiro atoms. The first-order chi connectivity index (χ1) is 9.58. The smallest absolute Gasteiger partial charge is 0.311 e. The van der Waals surface area contributed by atoms with Crippen LogP contribution in [0, 0.1) is 0 Å². The lowest BCUT2D eigenvalue weighted by Crippen LogP contribution is -2.25. The molecule has 2 aromatic heterocycles. The first kappa shape index (κ1) is 13.3. The van der Waals surface area contributed by atoms with Crippen molar-refractivity contribution < 1.29 is 9.90 Å². The average Bonchev–Trinajstić information content (AvgIpc) is 2.95. The number of carbonyl (C=O) groups is 1. The summed E-state index contributed by atoms with van der Waals surface area (Å²) in [5.41, 5.74) is 0.639. The minimum atomic E-state index is -0.842. The second kappa shape index (κ2) is 4.70. The van der Waals surface area contributed by atoms with E-state index in [0.717, 1.165) is 22.7 Å². The maximum Gasteiger partial charge on any atom is 0.311 e. The highest BCUT2D eigenvalue weighted by atomic mass is 32.1. The van der Waals surface area contributed by atoms with E-state index in [1.165, 1.54) is 11.3 Å². The highest BCUT2D eigenvalue weighted by molar-refractivity contribution is 7.18. The van der Waals surface area contributed by atoms with E-state index in [1.54, 1.807) is 4.57 Å². The van der Waals surface area contributed by atoms with E-state index in [1.807, 2.05) is 13.8 Å². The van der Waals surface area contributed by atoms with Crippen molar-refractivity contribution in [3.63, 3.8) is 0 Å². The Hall–Kier alpha value is -1.69. The Morgan fingerprint density at radius 3 is 2.85 bits per heavy atom. The predicted molar refractivity (Wildman–Crippen MR) is 77.6 cm³/mol. The quantitative estimate of drug-likeness (QED) is 0.941. The van der Waals surface area contributed by atoms with Gasteiger partial charge in [-0.1, -0.05) is 6.92 Å². The van der Waals surface area contributed by atoms with Crippen LogP contribution in [0.15, 0.2) is 4.79 Å². The van der Waals surface area contributed by atoms with Gasteiger partial charge in [-0.05, 0) is 25.3 Å². The molecule has 2 aromatic rings. The van der Waals surface area contributed by atoms with Crippen molar-refractivity contribution in [2.45, 2.75) is 45.6 Å². The first-order valence-corrected chi connectivity index (χ1v) is 7.67. The summed E-state index contributed by atoms with van der Waals surface area (Å²) in [6.07, 6.45) is 2.03. The number of hydrogen-bond donors (Lipinski definition) is 1. The molecule has 2 heterocycles. The van der Waals surface area contributed by atoms with Gasteiger partial charge in [-0.25, -0.2) is 4.98 Å². The molecule has 1 N–H and O–H groups in total. The second-order valence-corrected chi connectivity index (χ2v) is 6.06. The van der Waals surface area contributed by atoms with Gasteiger partial charge in [0.2, 0.25) is 0 Å². The molecule has 106 valence electrons. The zero-order chi connectivity index (χ0) is 14.4. The van der Waals surface area contributed by atoms with Gasteiger partial charge in [0, 0.05) is 17.8 Å². The Balaban J connectivity index is 2.37. The van der Waals surface area contributed by atoms with Gasteiger partial charge < -0.3 is 5.11 Å². The van der Waals surface area contributed by atoms with Crippen molar-refractivity contribution in [2.75, 3.05) is 0 Å². The number of carboxylic acid groups (broad SMARTS) is 1. The van der Waals surface area contributed by atoms with Gasteiger partial charge in [0.25, 0.3) is 5.56 Å². The normalized spacial score (nSPS) is 17.6. The summed E-state index contributed by atoms with van der Waals surface area (Å²) in [4.78, 5) is 30.3. The molecule has 0 amide bonds. The molecule has 0 saturated heterocycles. The van der Waals surface area contributed by atoms with Crippen LogP contribution >= 0.6 is 11.3 Å². The molecule has 1 aliphatic carbocycles. The van der Waals surface area contributed by atoms with Crippen molar-refractivity contribution in [3.8, 4) is 0 Å². The molecule has 0 fully saturated rings. The number of aliphatic carboxylic acids is 1. The first-order valence-electron chi connectivity index (χ1n) is 6.86. The summed E-state index contributed by atoms with van der Waals surface area (Å²) in [5, 5.41) is 9.87. The number of carboxylic acids is 1. The van der Waals surface area contributed by atoms with E-state index in [9.17, 15) is 14.7 Å². The number of thiophene rings is 1. The van der Waals surface area contributed by atoms with Gasteiger partial charge in [0.1, 0.15) is 10.7 Å². The summed E-state index contributed by atoms with van der Waals surface area (Å²) >= 11 is 1.48. The molecule has 0 bridgehead atoms. The van der Waals surface area contributed by atoms with Crippen LogP contribution in [0.5, 0.6) is 0 Å². The molecule has 0 saturated carbocycles. The van der Waals surface area contributed by atoms with E-state index in [-0.39, 0.29) is 5.56 Å². The van der Waals surface area contributed by atoms with Crippen LogP contribution < -0.4 is 5.56 Å². The summed E-state index contributed by atoms with van der Waals surface area (Å²) in [6.45, 7) is 4.45. The van der Waals surface area contributed by atoms with E-state index in [0.29, 0.717) is 29.6 Å². The molecule has 20 heavy (non-hydrogen) atoms. The third-order valence-corrected chi connectivity index (χ3v) is 5.10. The Morgan fingerprint density at radius 2 is 2.25 bits per heavy atom. The zero-order valence-corrected chi connectivity index (χ0v) is 12.3. The highest BCUT2D eigenvalue weighted by Crippen LogP contribution is 2.42. The zero-order valence-electron chi connectivity index (χ0n) is 11.5. The van der Waals surface area contributed by atoms with Crippen LogP contribution in [0.2, 0.25) is 0 Å². The maximum atomic E-state index is 12.7. The van der Waals surface area contributed by atoms with Crippen LogP contribution in [-0.4, -0.2) is 20.6 Å². The lowest BCUT2D eigenvalue weighted by atomic mass is 10.0. The number of aryl methyl sites for hydroxylation is 2. The molecule has 5 nitrogen and oxygen atoms in total. The summed E-state index contributed by atoms with van der Waals surface area (Å²) in [6, 6.07) is 0. The maximum absolute atomic E-state index is 12.7. The number of rotatable bonds is 3. The number of nitrogens with zero attached hydrogens (tertiary/aromatic N) is 2. The summed E-state index contributed by atoms with van der Waals surface area (Å²) < 4.78 is 1.66. The Morgan fingerprint density at radius 1 is 1.50 bits per heavy atom. The van der Waals surface area contributed by atoms with Gasteiger partial charge in [-0.15, -0.1) is 11.3 Å². The van der Waals surface area contributed by atoms with Crippen LogP contribution in [0.4, 0.5) is 0 Å². The molecular weight excluding hydrogens is 276 g/mol. The molecule has 3 rings (SSSR count). The van der Waals surface area contributed by atoms with Crippen molar-refractivity contribution in [1.82, 2.24) is 9.55 Å². The molecule has 0 aliphatic heterocycles. The third kappa shape index (κ3) is 1.71. The van der Waals surface area contributed by atoms with Crippen LogP contribution in [0.25, 0.3) is 10.2 Å². The topological polar surface area (TPSA) is 72.2 Å². The molecule has 1 aliphatic rings. The minimum absolute atomic E-state index is 0.0833.